The van der Waals surface area contributed by atoms with Gasteiger partial charge >= 0.3 is 6.09 Å². The lowest BCUT2D eigenvalue weighted by atomic mass is 10.1. The third-order valence-corrected chi connectivity index (χ3v) is 4.14. The van der Waals surface area contributed by atoms with Gasteiger partial charge in [-0.05, 0) is 51.9 Å². The van der Waals surface area contributed by atoms with Gasteiger partial charge in [0.15, 0.2) is 0 Å². The van der Waals surface area contributed by atoms with Crippen molar-refractivity contribution in [3.8, 4) is 5.88 Å². The number of ether oxygens (including phenoxy) is 2. The van der Waals surface area contributed by atoms with Crippen molar-refractivity contribution in [1.29, 1.82) is 0 Å². The first-order chi connectivity index (χ1) is 11.8. The Morgan fingerprint density at radius 1 is 1.28 bits per heavy atom. The van der Waals surface area contributed by atoms with Crippen LogP contribution >= 0.6 is 0 Å². The fourth-order valence-electron chi connectivity index (χ4n) is 2.85. The molecule has 0 amide bonds. The highest BCUT2D eigenvalue weighted by Gasteiger charge is 2.22. The van der Waals surface area contributed by atoms with Gasteiger partial charge in [-0.2, -0.15) is 0 Å². The molecular weight excluding hydrogens is 318 g/mol. The van der Waals surface area contributed by atoms with Crippen LogP contribution in [-0.2, 0) is 11.2 Å². The van der Waals surface area contributed by atoms with Crippen molar-refractivity contribution in [1.82, 2.24) is 14.5 Å². The van der Waals surface area contributed by atoms with Crippen LogP contribution in [0.1, 0.15) is 40.2 Å². The molecule has 6 nitrogen and oxygen atoms in total. The first-order valence-corrected chi connectivity index (χ1v) is 8.79. The zero-order chi connectivity index (χ0) is 18.6. The number of aromatic nitrogens is 2. The lowest BCUT2D eigenvalue weighted by Gasteiger charge is -2.19. The maximum absolute atomic E-state index is 12.6. The van der Waals surface area contributed by atoms with Crippen LogP contribution in [0.2, 0.25) is 0 Å². The fourth-order valence-corrected chi connectivity index (χ4v) is 2.85. The highest BCUT2D eigenvalue weighted by atomic mass is 16.6. The molecule has 0 N–H and O–H groups in total. The van der Waals surface area contributed by atoms with Crippen molar-refractivity contribution >= 4 is 17.0 Å². The SMILES string of the molecule is CCN(CC)CCc1cn(C(=O)OC(C)(C)C)c2ccnc(OC)c12. The molecule has 6 heteroatoms. The van der Waals surface area contributed by atoms with Gasteiger partial charge in [-0.1, -0.05) is 13.8 Å². The average molecular weight is 347 g/mol. The van der Waals surface area contributed by atoms with Gasteiger partial charge in [0, 0.05) is 18.9 Å². The lowest BCUT2D eigenvalue weighted by Crippen LogP contribution is -2.27. The molecule has 0 aliphatic heterocycles. The Hall–Kier alpha value is -2.08. The Kier molecular flexibility index (Phi) is 6.06. The number of carbonyl (C=O) groups is 1. The average Bonchev–Trinajstić information content (AvgIpc) is 2.93. The third-order valence-electron chi connectivity index (χ3n) is 4.14. The highest BCUT2D eigenvalue weighted by Crippen LogP contribution is 2.30. The Morgan fingerprint density at radius 2 is 1.96 bits per heavy atom. The largest absolute Gasteiger partial charge is 0.480 e. The number of hydrogen-bond donors (Lipinski definition) is 0. The minimum Gasteiger partial charge on any atom is -0.480 e. The van der Waals surface area contributed by atoms with Crippen molar-refractivity contribution in [2.24, 2.45) is 0 Å². The molecule has 2 aromatic heterocycles. The molecule has 0 aliphatic carbocycles. The number of fused-ring (bicyclic) bond motifs is 1. The molecule has 0 fully saturated rings. The Labute approximate surface area is 149 Å². The molecule has 0 unspecified atom stereocenters. The summed E-state index contributed by atoms with van der Waals surface area (Å²) in [6.07, 6.45) is 3.93. The van der Waals surface area contributed by atoms with E-state index >= 15 is 0 Å². The van der Waals surface area contributed by atoms with Crippen LogP contribution in [0.5, 0.6) is 5.88 Å². The first kappa shape index (κ1) is 19.2. The van der Waals surface area contributed by atoms with E-state index in [1.807, 2.05) is 33.0 Å². The molecule has 138 valence electrons. The van der Waals surface area contributed by atoms with E-state index in [0.29, 0.717) is 5.88 Å². The number of rotatable bonds is 6. The molecule has 2 rings (SSSR count). The summed E-state index contributed by atoms with van der Waals surface area (Å²) in [5.41, 5.74) is 1.25. The van der Waals surface area contributed by atoms with Gasteiger partial charge in [-0.3, -0.25) is 4.57 Å². The minimum absolute atomic E-state index is 0.389. The van der Waals surface area contributed by atoms with E-state index in [-0.39, 0.29) is 6.09 Å². The maximum atomic E-state index is 12.6. The van der Waals surface area contributed by atoms with Gasteiger partial charge in [-0.25, -0.2) is 9.78 Å². The van der Waals surface area contributed by atoms with Gasteiger partial charge in [-0.15, -0.1) is 0 Å². The Morgan fingerprint density at radius 3 is 2.52 bits per heavy atom. The van der Waals surface area contributed by atoms with Gasteiger partial charge in [0.2, 0.25) is 5.88 Å². The van der Waals surface area contributed by atoms with Crippen LogP contribution < -0.4 is 4.74 Å². The van der Waals surface area contributed by atoms with Gasteiger partial charge in [0.1, 0.15) is 5.60 Å². The number of methoxy groups -OCH3 is 1. The lowest BCUT2D eigenvalue weighted by molar-refractivity contribution is 0.0544. The standard InChI is InChI=1S/C19H29N3O3/c1-7-21(8-2)12-10-14-13-22(18(23)25-19(3,4)5)15-9-11-20-17(24-6)16(14)15/h9,11,13H,7-8,10,12H2,1-6H3. The number of pyridine rings is 1. The van der Waals surface area contributed by atoms with E-state index in [1.165, 1.54) is 0 Å². The van der Waals surface area contributed by atoms with Crippen LogP contribution in [0.25, 0.3) is 10.9 Å². The van der Waals surface area contributed by atoms with E-state index in [0.717, 1.165) is 42.5 Å². The predicted octanol–water partition coefficient (Wildman–Crippen LogP) is 3.71. The molecule has 2 aromatic rings. The van der Waals surface area contributed by atoms with Gasteiger partial charge in [0.25, 0.3) is 0 Å². The summed E-state index contributed by atoms with van der Waals surface area (Å²) in [7, 11) is 1.60. The smallest absolute Gasteiger partial charge is 0.419 e. The third kappa shape index (κ3) is 4.51. The van der Waals surface area contributed by atoms with E-state index in [1.54, 1.807) is 17.9 Å². The molecule has 0 radical (unpaired) electrons. The fraction of sp³-hybridized carbons (Fsp3) is 0.579. The highest BCUT2D eigenvalue weighted by molar-refractivity contribution is 5.94. The molecule has 0 atom stereocenters. The quantitative estimate of drug-likeness (QED) is 0.797. The van der Waals surface area contributed by atoms with E-state index in [9.17, 15) is 4.79 Å². The molecule has 0 saturated carbocycles. The molecule has 0 aromatic carbocycles. The molecule has 25 heavy (non-hydrogen) atoms. The minimum atomic E-state index is -0.549. The van der Waals surface area contributed by atoms with Crippen LogP contribution in [-0.4, -0.2) is 52.9 Å². The Balaban J connectivity index is 2.45. The monoisotopic (exact) mass is 347 g/mol. The zero-order valence-electron chi connectivity index (χ0n) is 16.1. The summed E-state index contributed by atoms with van der Waals surface area (Å²) >= 11 is 0. The molecule has 0 bridgehead atoms. The number of nitrogens with zero attached hydrogens (tertiary/aromatic N) is 3. The summed E-state index contributed by atoms with van der Waals surface area (Å²) in [5, 5.41) is 0.878. The van der Waals surface area contributed by atoms with Crippen molar-refractivity contribution in [3.05, 3.63) is 24.0 Å². The summed E-state index contributed by atoms with van der Waals surface area (Å²) in [6, 6.07) is 1.82. The number of likely N-dealkylation sites (N-methyl/N-ethyl adjacent to an activating group) is 1. The summed E-state index contributed by atoms with van der Waals surface area (Å²) < 4.78 is 12.5. The van der Waals surface area contributed by atoms with E-state index in [4.69, 9.17) is 9.47 Å². The number of hydrogen-bond acceptors (Lipinski definition) is 5. The second kappa shape index (κ2) is 7.87. The normalized spacial score (nSPS) is 12.0. The van der Waals surface area contributed by atoms with Gasteiger partial charge in [0.05, 0.1) is 18.0 Å². The molecule has 0 aliphatic rings. The summed E-state index contributed by atoms with van der Waals surface area (Å²) in [6.45, 7) is 12.8. The topological polar surface area (TPSA) is 56.6 Å². The van der Waals surface area contributed by atoms with Crippen molar-refractivity contribution in [2.45, 2.75) is 46.6 Å². The van der Waals surface area contributed by atoms with E-state index < -0.39 is 5.60 Å². The molecule has 2 heterocycles. The second-order valence-electron chi connectivity index (χ2n) is 7.00. The summed E-state index contributed by atoms with van der Waals surface area (Å²) in [4.78, 5) is 19.3. The Bertz CT molecular complexity index is 727. The van der Waals surface area contributed by atoms with E-state index in [2.05, 4.69) is 23.7 Å². The van der Waals surface area contributed by atoms with Crippen molar-refractivity contribution < 1.29 is 14.3 Å². The van der Waals surface area contributed by atoms with Gasteiger partial charge < -0.3 is 14.4 Å². The zero-order valence-corrected chi connectivity index (χ0v) is 16.1. The van der Waals surface area contributed by atoms with Crippen LogP contribution in [0.3, 0.4) is 0 Å². The molecule has 0 saturated heterocycles. The maximum Gasteiger partial charge on any atom is 0.419 e. The summed E-state index contributed by atoms with van der Waals surface area (Å²) in [5.74, 6) is 0.536. The molecular formula is C19H29N3O3. The predicted molar refractivity (Wildman–Crippen MR) is 99.4 cm³/mol. The van der Waals surface area contributed by atoms with Crippen LogP contribution in [0, 0.1) is 0 Å². The number of carbonyl (C=O) groups excluding carboxylic acids is 1. The van der Waals surface area contributed by atoms with Crippen molar-refractivity contribution in [2.75, 3.05) is 26.7 Å². The van der Waals surface area contributed by atoms with Crippen LogP contribution in [0.4, 0.5) is 4.79 Å². The van der Waals surface area contributed by atoms with Crippen LogP contribution in [0.15, 0.2) is 18.5 Å². The second-order valence-corrected chi connectivity index (χ2v) is 7.00. The molecule has 0 spiro atoms. The first-order valence-electron chi connectivity index (χ1n) is 8.79. The van der Waals surface area contributed by atoms with Crippen molar-refractivity contribution in [3.63, 3.8) is 0 Å².